The summed E-state index contributed by atoms with van der Waals surface area (Å²) in [7, 11) is 0. The van der Waals surface area contributed by atoms with Crippen molar-refractivity contribution in [3.63, 3.8) is 0 Å². The highest BCUT2D eigenvalue weighted by atomic mass is 15.1. The van der Waals surface area contributed by atoms with E-state index >= 15 is 0 Å². The molecule has 0 spiro atoms. The number of pyridine rings is 1. The highest BCUT2D eigenvalue weighted by Crippen LogP contribution is 2.33. The zero-order chi connectivity index (χ0) is 14.5. The molecule has 21 heavy (non-hydrogen) atoms. The van der Waals surface area contributed by atoms with Gasteiger partial charge in [-0.2, -0.15) is 0 Å². The standard InChI is InChI=1S/C18H23N3/c1-2-11-19-18-14-16(10-12-20-18)21-13-6-5-8-15-7-3-4-9-17(15)21/h3-4,7,9-10,12,14H,2,5-6,8,11,13H2,1H3,(H,19,20). The monoisotopic (exact) mass is 281 g/mol. The molecule has 0 saturated heterocycles. The molecular formula is C18H23N3. The maximum Gasteiger partial charge on any atom is 0.127 e. The molecular weight excluding hydrogens is 258 g/mol. The first-order chi connectivity index (χ1) is 10.4. The number of nitrogens with one attached hydrogen (secondary N) is 1. The van der Waals surface area contributed by atoms with Crippen LogP contribution in [0.25, 0.3) is 0 Å². The van der Waals surface area contributed by atoms with Gasteiger partial charge in [0.1, 0.15) is 5.82 Å². The van der Waals surface area contributed by atoms with E-state index in [1.165, 1.54) is 36.2 Å². The Balaban J connectivity index is 1.92. The van der Waals surface area contributed by atoms with Crippen LogP contribution in [0.3, 0.4) is 0 Å². The molecule has 110 valence electrons. The van der Waals surface area contributed by atoms with Crippen molar-refractivity contribution in [2.75, 3.05) is 23.3 Å². The Kier molecular flexibility index (Phi) is 4.39. The normalized spacial score (nSPS) is 14.4. The predicted octanol–water partition coefficient (Wildman–Crippen LogP) is 4.38. The molecule has 0 saturated carbocycles. The lowest BCUT2D eigenvalue weighted by atomic mass is 10.1. The molecule has 0 bridgehead atoms. The first-order valence-corrected chi connectivity index (χ1v) is 7.94. The van der Waals surface area contributed by atoms with Gasteiger partial charge in [0.25, 0.3) is 0 Å². The second kappa shape index (κ2) is 6.61. The second-order valence-corrected chi connectivity index (χ2v) is 5.56. The molecule has 2 heterocycles. The first-order valence-electron chi connectivity index (χ1n) is 7.94. The third kappa shape index (κ3) is 3.18. The minimum absolute atomic E-state index is 0.965. The van der Waals surface area contributed by atoms with Crippen molar-refractivity contribution in [3.05, 3.63) is 48.2 Å². The van der Waals surface area contributed by atoms with E-state index in [4.69, 9.17) is 0 Å². The summed E-state index contributed by atoms with van der Waals surface area (Å²) in [6.07, 6.45) is 6.69. The van der Waals surface area contributed by atoms with Gasteiger partial charge in [0.15, 0.2) is 0 Å². The molecule has 1 N–H and O–H groups in total. The molecule has 3 rings (SSSR count). The van der Waals surface area contributed by atoms with Crippen LogP contribution in [0.4, 0.5) is 17.2 Å². The molecule has 0 amide bonds. The van der Waals surface area contributed by atoms with E-state index in [0.717, 1.165) is 25.3 Å². The minimum Gasteiger partial charge on any atom is -0.370 e. The smallest absolute Gasteiger partial charge is 0.127 e. The molecule has 1 aliphatic rings. The SMILES string of the molecule is CCCNc1cc(N2CCCCc3ccccc32)ccn1. The number of benzene rings is 1. The van der Waals surface area contributed by atoms with Crippen LogP contribution in [0.15, 0.2) is 42.6 Å². The Hall–Kier alpha value is -2.03. The van der Waals surface area contributed by atoms with Gasteiger partial charge < -0.3 is 10.2 Å². The Morgan fingerprint density at radius 1 is 1.19 bits per heavy atom. The molecule has 3 nitrogen and oxygen atoms in total. The van der Waals surface area contributed by atoms with Gasteiger partial charge in [0.2, 0.25) is 0 Å². The summed E-state index contributed by atoms with van der Waals surface area (Å²) >= 11 is 0. The quantitative estimate of drug-likeness (QED) is 0.901. The van der Waals surface area contributed by atoms with Gasteiger partial charge in [0, 0.05) is 36.7 Å². The number of aromatic nitrogens is 1. The second-order valence-electron chi connectivity index (χ2n) is 5.56. The van der Waals surface area contributed by atoms with Crippen molar-refractivity contribution in [3.8, 4) is 0 Å². The van der Waals surface area contributed by atoms with E-state index in [9.17, 15) is 0 Å². The Morgan fingerprint density at radius 3 is 3.00 bits per heavy atom. The Bertz CT molecular complexity index is 595. The number of nitrogens with zero attached hydrogens (tertiary/aromatic N) is 2. The van der Waals surface area contributed by atoms with Gasteiger partial charge in [-0.15, -0.1) is 0 Å². The van der Waals surface area contributed by atoms with E-state index in [0.29, 0.717) is 0 Å². The lowest BCUT2D eigenvalue weighted by Gasteiger charge is -2.25. The summed E-state index contributed by atoms with van der Waals surface area (Å²) in [6, 6.07) is 13.0. The van der Waals surface area contributed by atoms with Gasteiger partial charge >= 0.3 is 0 Å². The number of para-hydroxylation sites is 1. The van der Waals surface area contributed by atoms with Crippen molar-refractivity contribution in [2.24, 2.45) is 0 Å². The maximum absolute atomic E-state index is 4.41. The van der Waals surface area contributed by atoms with E-state index in [1.54, 1.807) is 0 Å². The van der Waals surface area contributed by atoms with Crippen molar-refractivity contribution in [1.29, 1.82) is 0 Å². The van der Waals surface area contributed by atoms with Gasteiger partial charge in [-0.1, -0.05) is 25.1 Å². The van der Waals surface area contributed by atoms with Gasteiger partial charge in [-0.05, 0) is 43.4 Å². The number of fused-ring (bicyclic) bond motifs is 1. The molecule has 1 aromatic carbocycles. The number of rotatable bonds is 4. The van der Waals surface area contributed by atoms with E-state index in [-0.39, 0.29) is 0 Å². The number of hydrogen-bond acceptors (Lipinski definition) is 3. The van der Waals surface area contributed by atoms with Crippen molar-refractivity contribution < 1.29 is 0 Å². The predicted molar refractivity (Wildman–Crippen MR) is 89.4 cm³/mol. The lowest BCUT2D eigenvalue weighted by molar-refractivity contribution is 0.761. The number of anilines is 3. The fraction of sp³-hybridized carbons (Fsp3) is 0.389. The summed E-state index contributed by atoms with van der Waals surface area (Å²) in [5.74, 6) is 0.969. The topological polar surface area (TPSA) is 28.2 Å². The molecule has 0 unspecified atom stereocenters. The van der Waals surface area contributed by atoms with Crippen LogP contribution in [-0.4, -0.2) is 18.1 Å². The van der Waals surface area contributed by atoms with E-state index < -0.39 is 0 Å². The van der Waals surface area contributed by atoms with Gasteiger partial charge in [-0.3, -0.25) is 0 Å². The minimum atomic E-state index is 0.965. The van der Waals surface area contributed by atoms with E-state index in [2.05, 4.69) is 58.5 Å². The summed E-state index contributed by atoms with van der Waals surface area (Å²) in [5, 5.41) is 3.38. The van der Waals surface area contributed by atoms with Crippen molar-refractivity contribution in [2.45, 2.75) is 32.6 Å². The fourth-order valence-electron chi connectivity index (χ4n) is 2.90. The van der Waals surface area contributed by atoms with Crippen LogP contribution >= 0.6 is 0 Å². The fourth-order valence-corrected chi connectivity index (χ4v) is 2.90. The molecule has 2 aromatic rings. The zero-order valence-electron chi connectivity index (χ0n) is 12.7. The summed E-state index contributed by atoms with van der Waals surface area (Å²) < 4.78 is 0. The Labute approximate surface area is 127 Å². The van der Waals surface area contributed by atoms with Crippen molar-refractivity contribution >= 4 is 17.2 Å². The van der Waals surface area contributed by atoms with Crippen LogP contribution in [0.5, 0.6) is 0 Å². The Morgan fingerprint density at radius 2 is 2.10 bits per heavy atom. The van der Waals surface area contributed by atoms with Crippen LogP contribution in [-0.2, 0) is 6.42 Å². The van der Waals surface area contributed by atoms with E-state index in [1.807, 2.05) is 6.20 Å². The van der Waals surface area contributed by atoms with Crippen LogP contribution < -0.4 is 10.2 Å². The number of aryl methyl sites for hydroxylation is 1. The largest absolute Gasteiger partial charge is 0.370 e. The summed E-state index contributed by atoms with van der Waals surface area (Å²) in [6.45, 7) is 4.21. The average molecular weight is 281 g/mol. The maximum atomic E-state index is 4.41. The van der Waals surface area contributed by atoms with Gasteiger partial charge in [0.05, 0.1) is 0 Å². The first kappa shape index (κ1) is 13.9. The third-order valence-corrected chi connectivity index (χ3v) is 3.97. The van der Waals surface area contributed by atoms with Crippen LogP contribution in [0, 0.1) is 0 Å². The molecule has 1 aromatic heterocycles. The lowest BCUT2D eigenvalue weighted by Crippen LogP contribution is -2.18. The van der Waals surface area contributed by atoms with Crippen LogP contribution in [0.1, 0.15) is 31.7 Å². The molecule has 0 fully saturated rings. The molecule has 0 atom stereocenters. The zero-order valence-corrected chi connectivity index (χ0v) is 12.7. The number of hydrogen-bond donors (Lipinski definition) is 1. The summed E-state index contributed by atoms with van der Waals surface area (Å²) in [4.78, 5) is 6.85. The third-order valence-electron chi connectivity index (χ3n) is 3.97. The highest BCUT2D eigenvalue weighted by molar-refractivity contribution is 5.68. The van der Waals surface area contributed by atoms with Crippen LogP contribution in [0.2, 0.25) is 0 Å². The molecule has 0 radical (unpaired) electrons. The summed E-state index contributed by atoms with van der Waals surface area (Å²) in [5.41, 5.74) is 4.04. The highest BCUT2D eigenvalue weighted by Gasteiger charge is 2.16. The average Bonchev–Trinajstić information content (AvgIpc) is 2.75. The molecule has 3 heteroatoms. The molecule has 0 aliphatic carbocycles. The van der Waals surface area contributed by atoms with Crippen molar-refractivity contribution in [1.82, 2.24) is 4.98 Å². The molecule has 1 aliphatic heterocycles. The van der Waals surface area contributed by atoms with Gasteiger partial charge in [-0.25, -0.2) is 4.98 Å².